The Kier molecular flexibility index (Phi) is 8.09. The quantitative estimate of drug-likeness (QED) is 0.160. The molecule has 0 spiro atoms. The molecule has 54 heavy (non-hydrogen) atoms. The summed E-state index contributed by atoms with van der Waals surface area (Å²) in [6.45, 7) is 0. The number of anilines is 3. The molecule has 10 aromatic rings. The molecule has 0 unspecified atom stereocenters. The molecule has 0 atom stereocenters. The Labute approximate surface area is 319 Å². The van der Waals surface area contributed by atoms with Gasteiger partial charge in [-0.1, -0.05) is 164 Å². The Hall–Kier alpha value is -6.74. The lowest BCUT2D eigenvalue weighted by atomic mass is 9.94. The van der Waals surface area contributed by atoms with Gasteiger partial charge in [0.25, 0.3) is 0 Å². The molecular formula is C52H35NS. The van der Waals surface area contributed by atoms with Crippen molar-refractivity contribution < 1.29 is 0 Å². The van der Waals surface area contributed by atoms with Crippen LogP contribution in [0, 0.1) is 0 Å². The van der Waals surface area contributed by atoms with E-state index in [9.17, 15) is 0 Å². The fourth-order valence-electron chi connectivity index (χ4n) is 7.91. The Morgan fingerprint density at radius 3 is 1.65 bits per heavy atom. The van der Waals surface area contributed by atoms with Crippen molar-refractivity contribution in [3.63, 3.8) is 0 Å². The zero-order valence-corrected chi connectivity index (χ0v) is 30.4. The topological polar surface area (TPSA) is 3.24 Å². The first-order valence-corrected chi connectivity index (χ1v) is 19.2. The molecule has 0 aliphatic rings. The molecule has 0 amide bonds. The summed E-state index contributed by atoms with van der Waals surface area (Å²) < 4.78 is 2.64. The van der Waals surface area contributed by atoms with Crippen LogP contribution in [0.3, 0.4) is 0 Å². The minimum absolute atomic E-state index is 1.10. The predicted octanol–water partition coefficient (Wildman–Crippen LogP) is 15.3. The lowest BCUT2D eigenvalue weighted by Crippen LogP contribution is -2.11. The summed E-state index contributed by atoms with van der Waals surface area (Å²) >= 11 is 1.86. The molecule has 0 saturated carbocycles. The van der Waals surface area contributed by atoms with Crippen LogP contribution < -0.4 is 4.90 Å². The molecule has 254 valence electrons. The van der Waals surface area contributed by atoms with E-state index in [-0.39, 0.29) is 0 Å². The predicted molar refractivity (Wildman–Crippen MR) is 233 cm³/mol. The summed E-state index contributed by atoms with van der Waals surface area (Å²) in [7, 11) is 0. The molecule has 2 heteroatoms. The fourth-order valence-corrected chi connectivity index (χ4v) is 9.04. The first kappa shape index (κ1) is 32.0. The van der Waals surface area contributed by atoms with Crippen LogP contribution in [0.2, 0.25) is 0 Å². The van der Waals surface area contributed by atoms with Gasteiger partial charge in [0.05, 0.1) is 5.69 Å². The molecule has 1 aromatic heterocycles. The van der Waals surface area contributed by atoms with E-state index in [2.05, 4.69) is 217 Å². The highest BCUT2D eigenvalue weighted by Crippen LogP contribution is 2.44. The van der Waals surface area contributed by atoms with Gasteiger partial charge < -0.3 is 4.90 Å². The molecule has 0 aliphatic carbocycles. The van der Waals surface area contributed by atoms with Crippen LogP contribution in [0.15, 0.2) is 212 Å². The number of thiophene rings is 1. The van der Waals surface area contributed by atoms with E-state index in [0.29, 0.717) is 0 Å². The first-order valence-electron chi connectivity index (χ1n) is 18.4. The third-order valence-electron chi connectivity index (χ3n) is 10.5. The van der Waals surface area contributed by atoms with Crippen LogP contribution in [0.25, 0.3) is 75.5 Å². The molecule has 10 rings (SSSR count). The van der Waals surface area contributed by atoms with E-state index >= 15 is 0 Å². The molecule has 9 aromatic carbocycles. The maximum absolute atomic E-state index is 2.40. The molecule has 0 N–H and O–H groups in total. The van der Waals surface area contributed by atoms with Crippen molar-refractivity contribution in [3.05, 3.63) is 212 Å². The highest BCUT2D eigenvalue weighted by molar-refractivity contribution is 7.25. The van der Waals surface area contributed by atoms with Gasteiger partial charge >= 0.3 is 0 Å². The smallest absolute Gasteiger partial charge is 0.0540 e. The van der Waals surface area contributed by atoms with Crippen LogP contribution >= 0.6 is 11.3 Å². The van der Waals surface area contributed by atoms with E-state index in [1.807, 2.05) is 11.3 Å². The highest BCUT2D eigenvalue weighted by Gasteiger charge is 2.19. The van der Waals surface area contributed by atoms with Gasteiger partial charge in [0.15, 0.2) is 0 Å². The second-order valence-corrected chi connectivity index (χ2v) is 14.8. The number of hydrogen-bond donors (Lipinski definition) is 0. The SMILES string of the molecule is c1ccc(-c2ccc(N(c3ccc(-c4cccc5sc6ccccc6c45)cc3)c3ccccc3-c3cccc(-c4cccc5ccccc45)c3)cc2)cc1. The number of hydrogen-bond acceptors (Lipinski definition) is 2. The molecule has 0 bridgehead atoms. The zero-order chi connectivity index (χ0) is 35.8. The first-order chi connectivity index (χ1) is 26.8. The number of benzene rings is 9. The molecule has 0 radical (unpaired) electrons. The maximum atomic E-state index is 2.40. The Bertz CT molecular complexity index is 2920. The maximum Gasteiger partial charge on any atom is 0.0540 e. The normalized spacial score (nSPS) is 11.3. The van der Waals surface area contributed by atoms with Crippen molar-refractivity contribution in [3.8, 4) is 44.5 Å². The van der Waals surface area contributed by atoms with Crippen LogP contribution in [0.1, 0.15) is 0 Å². The molecule has 1 nitrogen and oxygen atoms in total. The van der Waals surface area contributed by atoms with Crippen LogP contribution in [0.5, 0.6) is 0 Å². The highest BCUT2D eigenvalue weighted by atomic mass is 32.1. The van der Waals surface area contributed by atoms with E-state index in [4.69, 9.17) is 0 Å². The molecule has 0 fully saturated rings. The van der Waals surface area contributed by atoms with Gasteiger partial charge in [-0.05, 0) is 98.2 Å². The summed E-state index contributed by atoms with van der Waals surface area (Å²) in [6.07, 6.45) is 0. The molecule has 1 heterocycles. The Morgan fingerprint density at radius 2 is 0.833 bits per heavy atom. The van der Waals surface area contributed by atoms with Crippen LogP contribution in [-0.4, -0.2) is 0 Å². The second kappa shape index (κ2) is 13.7. The van der Waals surface area contributed by atoms with Crippen molar-refractivity contribution in [2.24, 2.45) is 0 Å². The van der Waals surface area contributed by atoms with Crippen LogP contribution in [0.4, 0.5) is 17.1 Å². The average molecular weight is 706 g/mol. The fraction of sp³-hybridized carbons (Fsp3) is 0. The summed E-state index contributed by atoms with van der Waals surface area (Å²) in [5.74, 6) is 0. The Morgan fingerprint density at radius 1 is 0.315 bits per heavy atom. The van der Waals surface area contributed by atoms with E-state index in [0.717, 1.165) is 17.1 Å². The van der Waals surface area contributed by atoms with Crippen molar-refractivity contribution in [1.82, 2.24) is 0 Å². The van der Waals surface area contributed by atoms with Crippen molar-refractivity contribution in [2.45, 2.75) is 0 Å². The van der Waals surface area contributed by atoms with E-state index in [1.165, 1.54) is 75.5 Å². The monoisotopic (exact) mass is 705 g/mol. The zero-order valence-electron chi connectivity index (χ0n) is 29.6. The molecular weight excluding hydrogens is 671 g/mol. The molecule has 0 aliphatic heterocycles. The third kappa shape index (κ3) is 5.74. The van der Waals surface area contributed by atoms with Gasteiger partial charge in [-0.25, -0.2) is 0 Å². The van der Waals surface area contributed by atoms with E-state index < -0.39 is 0 Å². The Balaban J connectivity index is 1.11. The van der Waals surface area contributed by atoms with Gasteiger partial charge in [0, 0.05) is 37.1 Å². The van der Waals surface area contributed by atoms with E-state index in [1.54, 1.807) is 0 Å². The van der Waals surface area contributed by atoms with Gasteiger partial charge in [-0.15, -0.1) is 11.3 Å². The van der Waals surface area contributed by atoms with Gasteiger partial charge in [-0.2, -0.15) is 0 Å². The lowest BCUT2D eigenvalue weighted by Gasteiger charge is -2.28. The minimum atomic E-state index is 1.10. The van der Waals surface area contributed by atoms with Gasteiger partial charge in [-0.3, -0.25) is 0 Å². The lowest BCUT2D eigenvalue weighted by molar-refractivity contribution is 1.28. The minimum Gasteiger partial charge on any atom is -0.310 e. The molecule has 0 saturated heterocycles. The number of nitrogens with zero attached hydrogens (tertiary/aromatic N) is 1. The number of para-hydroxylation sites is 1. The van der Waals surface area contributed by atoms with Gasteiger partial charge in [0.1, 0.15) is 0 Å². The largest absolute Gasteiger partial charge is 0.310 e. The van der Waals surface area contributed by atoms with Crippen molar-refractivity contribution in [1.29, 1.82) is 0 Å². The third-order valence-corrected chi connectivity index (χ3v) is 11.6. The summed E-state index contributed by atoms with van der Waals surface area (Å²) in [6, 6.07) is 77.1. The number of rotatable bonds is 7. The summed E-state index contributed by atoms with van der Waals surface area (Å²) in [4.78, 5) is 2.40. The average Bonchev–Trinajstić information content (AvgIpc) is 3.64. The summed E-state index contributed by atoms with van der Waals surface area (Å²) in [5.41, 5.74) is 13.0. The number of fused-ring (bicyclic) bond motifs is 4. The van der Waals surface area contributed by atoms with Crippen molar-refractivity contribution >= 4 is 59.3 Å². The second-order valence-electron chi connectivity index (χ2n) is 13.7. The van der Waals surface area contributed by atoms with Crippen LogP contribution in [-0.2, 0) is 0 Å². The summed E-state index contributed by atoms with van der Waals surface area (Å²) in [5, 5.41) is 5.15. The standard InChI is InChI=1S/C52H35NS/c1-2-13-36(14-3-1)37-27-31-42(32-28-37)53(43-33-29-39(30-34-43)47-23-12-26-51-52(47)48-21-7-9-25-50(48)54-51)49-24-8-6-20-46(49)41-18-10-17-40(35-41)45-22-11-16-38-15-4-5-19-44(38)45/h1-35H. The van der Waals surface area contributed by atoms with Crippen molar-refractivity contribution in [2.75, 3.05) is 4.90 Å². The van der Waals surface area contributed by atoms with Gasteiger partial charge in [0.2, 0.25) is 0 Å².